The number of thiazole rings is 1. The predicted octanol–water partition coefficient (Wildman–Crippen LogP) is 4.23. The first-order valence-corrected chi connectivity index (χ1v) is 8.39. The van der Waals surface area contributed by atoms with Crippen molar-refractivity contribution in [2.24, 2.45) is 0 Å². The Labute approximate surface area is 118 Å². The Morgan fingerprint density at radius 1 is 1.33 bits per heavy atom. The number of aromatic nitrogens is 1. The van der Waals surface area contributed by atoms with Crippen molar-refractivity contribution in [3.63, 3.8) is 0 Å². The quantitative estimate of drug-likeness (QED) is 0.779. The zero-order valence-electron chi connectivity index (χ0n) is 10.3. The molecule has 1 atom stereocenters. The van der Waals surface area contributed by atoms with E-state index < -0.39 is 0 Å². The van der Waals surface area contributed by atoms with Crippen LogP contribution < -0.4 is 5.32 Å². The first-order chi connectivity index (χ1) is 8.76. The Balaban J connectivity index is 1.85. The van der Waals surface area contributed by atoms with E-state index in [4.69, 9.17) is 0 Å². The highest BCUT2D eigenvalue weighted by molar-refractivity contribution is 7.26. The molecule has 3 aromatic heterocycles. The average Bonchev–Trinajstić information content (AvgIpc) is 3.00. The lowest BCUT2D eigenvalue weighted by Crippen LogP contribution is -2.17. The number of nitrogens with zero attached hydrogens (tertiary/aromatic N) is 1. The lowest BCUT2D eigenvalue weighted by molar-refractivity contribution is 0.595. The van der Waals surface area contributed by atoms with E-state index in [1.54, 1.807) is 11.3 Å². The number of hydrogen-bond donors (Lipinski definition) is 1. The molecule has 0 saturated heterocycles. The van der Waals surface area contributed by atoms with Gasteiger partial charge in [-0.2, -0.15) is 0 Å². The molecule has 94 valence electrons. The van der Waals surface area contributed by atoms with Crippen molar-refractivity contribution in [2.75, 3.05) is 7.05 Å². The second-order valence-corrected chi connectivity index (χ2v) is 7.33. The molecule has 0 aliphatic rings. The lowest BCUT2D eigenvalue weighted by Gasteiger charge is -2.12. The zero-order valence-corrected chi connectivity index (χ0v) is 12.7. The van der Waals surface area contributed by atoms with Crippen molar-refractivity contribution in [2.45, 2.75) is 19.4 Å². The SMILES string of the molecule is CNC(Cc1csc(C)n1)c1cc2sccc2s1. The summed E-state index contributed by atoms with van der Waals surface area (Å²) in [5.41, 5.74) is 1.19. The molecule has 2 nitrogen and oxygen atoms in total. The van der Waals surface area contributed by atoms with Crippen molar-refractivity contribution < 1.29 is 0 Å². The highest BCUT2D eigenvalue weighted by Gasteiger charge is 2.15. The van der Waals surface area contributed by atoms with E-state index >= 15 is 0 Å². The molecule has 3 heterocycles. The van der Waals surface area contributed by atoms with E-state index in [0.717, 1.165) is 11.4 Å². The Kier molecular flexibility index (Phi) is 3.48. The number of thiophene rings is 2. The fourth-order valence-electron chi connectivity index (χ4n) is 2.01. The summed E-state index contributed by atoms with van der Waals surface area (Å²) in [5.74, 6) is 0. The molecule has 1 unspecified atom stereocenters. The molecule has 0 aliphatic heterocycles. The maximum absolute atomic E-state index is 4.55. The molecule has 1 N–H and O–H groups in total. The molecule has 0 fully saturated rings. The molecule has 0 amide bonds. The van der Waals surface area contributed by atoms with E-state index in [9.17, 15) is 0 Å². The predicted molar refractivity (Wildman–Crippen MR) is 82.1 cm³/mol. The van der Waals surface area contributed by atoms with Crippen molar-refractivity contribution >= 4 is 43.4 Å². The third kappa shape index (κ3) is 2.36. The third-order valence-corrected chi connectivity index (χ3v) is 5.96. The molecule has 0 spiro atoms. The second-order valence-electron chi connectivity index (χ2n) is 4.20. The van der Waals surface area contributed by atoms with Gasteiger partial charge in [0.25, 0.3) is 0 Å². The molecule has 3 rings (SSSR count). The van der Waals surface area contributed by atoms with Crippen LogP contribution in [0.25, 0.3) is 9.40 Å². The summed E-state index contributed by atoms with van der Waals surface area (Å²) in [7, 11) is 2.03. The van der Waals surface area contributed by atoms with Gasteiger partial charge in [0.2, 0.25) is 0 Å². The molecule has 18 heavy (non-hydrogen) atoms. The van der Waals surface area contributed by atoms with Crippen LogP contribution >= 0.6 is 34.0 Å². The van der Waals surface area contributed by atoms with Crippen LogP contribution in [0.4, 0.5) is 0 Å². The van der Waals surface area contributed by atoms with Crippen LogP contribution in [0.5, 0.6) is 0 Å². The summed E-state index contributed by atoms with van der Waals surface area (Å²) in [6.45, 7) is 2.06. The van der Waals surface area contributed by atoms with Gasteiger partial charge in [-0.25, -0.2) is 4.98 Å². The monoisotopic (exact) mass is 294 g/mol. The van der Waals surface area contributed by atoms with Gasteiger partial charge in [-0.15, -0.1) is 34.0 Å². The van der Waals surface area contributed by atoms with Crippen LogP contribution in [0.15, 0.2) is 22.9 Å². The smallest absolute Gasteiger partial charge is 0.0897 e. The Hall–Kier alpha value is -0.750. The Bertz CT molecular complexity index is 621. The molecule has 3 aromatic rings. The summed E-state index contributed by atoms with van der Waals surface area (Å²) >= 11 is 5.43. The van der Waals surface area contributed by atoms with Gasteiger partial charge in [0.05, 0.1) is 10.7 Å². The number of likely N-dealkylation sites (N-methyl/N-ethyl adjacent to an activating group) is 1. The first kappa shape index (κ1) is 12.3. The maximum atomic E-state index is 4.55. The van der Waals surface area contributed by atoms with Gasteiger partial charge in [-0.3, -0.25) is 0 Å². The van der Waals surface area contributed by atoms with Gasteiger partial charge in [-0.1, -0.05) is 0 Å². The van der Waals surface area contributed by atoms with Crippen molar-refractivity contribution in [3.8, 4) is 0 Å². The van der Waals surface area contributed by atoms with Crippen LogP contribution in [0, 0.1) is 6.92 Å². The minimum atomic E-state index is 0.371. The van der Waals surface area contributed by atoms with E-state index in [1.165, 1.54) is 20.0 Å². The molecule has 0 aliphatic carbocycles. The molecule has 5 heteroatoms. The van der Waals surface area contributed by atoms with Gasteiger partial charge >= 0.3 is 0 Å². The van der Waals surface area contributed by atoms with Crippen LogP contribution in [0.1, 0.15) is 21.6 Å². The molecule has 0 saturated carbocycles. The second kappa shape index (κ2) is 5.09. The largest absolute Gasteiger partial charge is 0.312 e. The van der Waals surface area contributed by atoms with Crippen molar-refractivity contribution in [3.05, 3.63) is 38.5 Å². The summed E-state index contributed by atoms with van der Waals surface area (Å²) in [6.07, 6.45) is 0.967. The van der Waals surface area contributed by atoms with E-state index in [2.05, 4.69) is 40.1 Å². The topological polar surface area (TPSA) is 24.9 Å². The summed E-state index contributed by atoms with van der Waals surface area (Å²) in [4.78, 5) is 5.96. The average molecular weight is 294 g/mol. The normalized spacial score (nSPS) is 13.2. The Morgan fingerprint density at radius 2 is 2.22 bits per heavy atom. The van der Waals surface area contributed by atoms with Crippen molar-refractivity contribution in [1.29, 1.82) is 0 Å². The van der Waals surface area contributed by atoms with E-state index in [1.807, 2.05) is 29.7 Å². The van der Waals surface area contributed by atoms with Gasteiger partial charge in [0, 0.05) is 32.1 Å². The molecule has 0 radical (unpaired) electrons. The van der Waals surface area contributed by atoms with Crippen LogP contribution in [-0.2, 0) is 6.42 Å². The first-order valence-electron chi connectivity index (χ1n) is 5.81. The minimum absolute atomic E-state index is 0.371. The molecule has 0 aromatic carbocycles. The standard InChI is InChI=1S/C13H14N2S3/c1-8-15-9(7-17-8)5-10(14-2)12-6-13-11(18-12)3-4-16-13/h3-4,6-7,10,14H,5H2,1-2H3. The maximum Gasteiger partial charge on any atom is 0.0897 e. The van der Waals surface area contributed by atoms with Gasteiger partial charge in [0.1, 0.15) is 0 Å². The minimum Gasteiger partial charge on any atom is -0.312 e. The van der Waals surface area contributed by atoms with E-state index in [0.29, 0.717) is 6.04 Å². The number of rotatable bonds is 4. The Morgan fingerprint density at radius 3 is 2.89 bits per heavy atom. The molecular weight excluding hydrogens is 280 g/mol. The number of aryl methyl sites for hydroxylation is 1. The van der Waals surface area contributed by atoms with Gasteiger partial charge in [0.15, 0.2) is 0 Å². The highest BCUT2D eigenvalue weighted by Crippen LogP contribution is 2.34. The highest BCUT2D eigenvalue weighted by atomic mass is 32.1. The van der Waals surface area contributed by atoms with E-state index in [-0.39, 0.29) is 0 Å². The van der Waals surface area contributed by atoms with Crippen LogP contribution in [0.3, 0.4) is 0 Å². The van der Waals surface area contributed by atoms with Crippen LogP contribution in [-0.4, -0.2) is 12.0 Å². The number of fused-ring (bicyclic) bond motifs is 1. The lowest BCUT2D eigenvalue weighted by atomic mass is 10.1. The molecular formula is C13H14N2S3. The number of nitrogens with one attached hydrogen (secondary N) is 1. The summed E-state index contributed by atoms with van der Waals surface area (Å²) in [5, 5.41) is 8.87. The fourth-order valence-corrected chi connectivity index (χ4v) is 4.87. The fraction of sp³-hybridized carbons (Fsp3) is 0.308. The summed E-state index contributed by atoms with van der Waals surface area (Å²) < 4.78 is 2.79. The third-order valence-electron chi connectivity index (χ3n) is 2.93. The van der Waals surface area contributed by atoms with Gasteiger partial charge < -0.3 is 5.32 Å². The van der Waals surface area contributed by atoms with Gasteiger partial charge in [-0.05, 0) is 31.5 Å². The number of hydrogen-bond acceptors (Lipinski definition) is 5. The van der Waals surface area contributed by atoms with Crippen LogP contribution in [0.2, 0.25) is 0 Å². The summed E-state index contributed by atoms with van der Waals surface area (Å²) in [6, 6.07) is 4.88. The van der Waals surface area contributed by atoms with Crippen molar-refractivity contribution in [1.82, 2.24) is 10.3 Å². The molecule has 0 bridgehead atoms. The zero-order chi connectivity index (χ0) is 12.5.